The van der Waals surface area contributed by atoms with Gasteiger partial charge in [-0.15, -0.1) is 0 Å². The maximum Gasteiger partial charge on any atom is 0.410 e. The molecular formula is C20H25FN2O2. The van der Waals surface area contributed by atoms with Crippen molar-refractivity contribution < 1.29 is 13.9 Å². The molecule has 1 aromatic carbocycles. The van der Waals surface area contributed by atoms with Gasteiger partial charge in [0.2, 0.25) is 0 Å². The van der Waals surface area contributed by atoms with Crippen molar-refractivity contribution in [2.75, 3.05) is 13.1 Å². The zero-order valence-electron chi connectivity index (χ0n) is 15.1. The standard InChI is InChI=1S/C20H25FN2O2/c1-20(2,3)25-19(24)23-9-6-14(7-10-23)11-16-13-17(21)12-15-5-4-8-22-18(15)16/h4-5,8,12-14H,6-7,9-11H2,1-3H3. The number of piperidine rings is 1. The van der Waals surface area contributed by atoms with Crippen LogP contribution >= 0.6 is 0 Å². The van der Waals surface area contributed by atoms with Crippen molar-refractivity contribution in [2.45, 2.75) is 45.6 Å². The van der Waals surface area contributed by atoms with E-state index >= 15 is 0 Å². The number of ether oxygens (including phenoxy) is 1. The second-order valence-electron chi connectivity index (χ2n) is 7.75. The molecule has 1 aliphatic rings. The summed E-state index contributed by atoms with van der Waals surface area (Å²) in [7, 11) is 0. The van der Waals surface area contributed by atoms with E-state index in [1.807, 2.05) is 32.9 Å². The Kier molecular flexibility index (Phi) is 4.93. The highest BCUT2D eigenvalue weighted by atomic mass is 19.1. The van der Waals surface area contributed by atoms with Crippen LogP contribution in [0, 0.1) is 11.7 Å². The van der Waals surface area contributed by atoms with Crippen LogP contribution in [0.3, 0.4) is 0 Å². The van der Waals surface area contributed by atoms with Gasteiger partial charge in [0.1, 0.15) is 11.4 Å². The number of benzene rings is 1. The number of aromatic nitrogens is 1. The number of halogens is 1. The van der Waals surface area contributed by atoms with E-state index in [9.17, 15) is 9.18 Å². The van der Waals surface area contributed by atoms with E-state index in [-0.39, 0.29) is 11.9 Å². The lowest BCUT2D eigenvalue weighted by Crippen LogP contribution is -2.42. The van der Waals surface area contributed by atoms with E-state index in [0.717, 1.165) is 35.7 Å². The number of hydrogen-bond acceptors (Lipinski definition) is 3. The molecule has 4 nitrogen and oxygen atoms in total. The Morgan fingerprint density at radius 2 is 2.04 bits per heavy atom. The van der Waals surface area contributed by atoms with E-state index < -0.39 is 5.60 Å². The number of carbonyl (C=O) groups is 1. The van der Waals surface area contributed by atoms with Crippen LogP contribution in [-0.4, -0.2) is 34.7 Å². The monoisotopic (exact) mass is 344 g/mol. The first-order chi connectivity index (χ1) is 11.8. The van der Waals surface area contributed by atoms with Crippen LogP contribution in [0.2, 0.25) is 0 Å². The molecule has 1 fully saturated rings. The van der Waals surface area contributed by atoms with Gasteiger partial charge in [0.25, 0.3) is 0 Å². The normalized spacial score (nSPS) is 16.2. The number of hydrogen-bond donors (Lipinski definition) is 0. The zero-order chi connectivity index (χ0) is 18.0. The van der Waals surface area contributed by atoms with E-state index in [1.165, 1.54) is 6.07 Å². The molecule has 0 bridgehead atoms. The summed E-state index contributed by atoms with van der Waals surface area (Å²) in [4.78, 5) is 18.3. The summed E-state index contributed by atoms with van der Waals surface area (Å²) in [5.74, 6) is 0.201. The van der Waals surface area contributed by atoms with Crippen LogP contribution < -0.4 is 0 Å². The van der Waals surface area contributed by atoms with E-state index in [2.05, 4.69) is 4.98 Å². The van der Waals surface area contributed by atoms with Crippen molar-refractivity contribution in [3.8, 4) is 0 Å². The minimum Gasteiger partial charge on any atom is -0.444 e. The van der Waals surface area contributed by atoms with Gasteiger partial charge in [-0.2, -0.15) is 0 Å². The third-order valence-corrected chi connectivity index (χ3v) is 4.52. The average molecular weight is 344 g/mol. The first kappa shape index (κ1) is 17.6. The van der Waals surface area contributed by atoms with E-state index in [4.69, 9.17) is 4.74 Å². The van der Waals surface area contributed by atoms with Crippen molar-refractivity contribution >= 4 is 17.0 Å². The maximum atomic E-state index is 13.9. The van der Waals surface area contributed by atoms with Crippen LogP contribution in [0.4, 0.5) is 9.18 Å². The quantitative estimate of drug-likeness (QED) is 0.802. The molecule has 2 aromatic rings. The number of amides is 1. The third kappa shape index (κ3) is 4.47. The van der Waals surface area contributed by atoms with Gasteiger partial charge in [0.05, 0.1) is 5.52 Å². The SMILES string of the molecule is CC(C)(C)OC(=O)N1CCC(Cc2cc(F)cc3cccnc23)CC1. The van der Waals surface area contributed by atoms with Gasteiger partial charge in [0.15, 0.2) is 0 Å². The molecule has 2 heterocycles. The third-order valence-electron chi connectivity index (χ3n) is 4.52. The van der Waals surface area contributed by atoms with Gasteiger partial charge in [-0.25, -0.2) is 9.18 Å². The summed E-state index contributed by atoms with van der Waals surface area (Å²) < 4.78 is 19.3. The number of nitrogens with zero attached hydrogens (tertiary/aromatic N) is 2. The molecular weight excluding hydrogens is 319 g/mol. The van der Waals surface area contributed by atoms with E-state index in [1.54, 1.807) is 17.2 Å². The predicted molar refractivity (Wildman–Crippen MR) is 95.9 cm³/mol. The first-order valence-corrected chi connectivity index (χ1v) is 8.83. The molecule has 0 spiro atoms. The summed E-state index contributed by atoms with van der Waals surface area (Å²) >= 11 is 0. The van der Waals surface area contributed by atoms with Crippen molar-refractivity contribution in [3.05, 3.63) is 41.8 Å². The van der Waals surface area contributed by atoms with Gasteiger partial charge in [-0.05, 0) is 69.7 Å². The lowest BCUT2D eigenvalue weighted by Gasteiger charge is -2.33. The largest absolute Gasteiger partial charge is 0.444 e. The molecule has 1 aromatic heterocycles. The molecule has 0 saturated carbocycles. The molecule has 1 amide bonds. The Morgan fingerprint density at radius 1 is 1.32 bits per heavy atom. The fourth-order valence-electron chi connectivity index (χ4n) is 3.34. The van der Waals surface area contributed by atoms with Crippen LogP contribution in [0.5, 0.6) is 0 Å². The molecule has 1 aliphatic heterocycles. The highest BCUT2D eigenvalue weighted by molar-refractivity contribution is 5.81. The summed E-state index contributed by atoms with van der Waals surface area (Å²) in [5, 5.41) is 0.837. The Balaban J connectivity index is 1.64. The van der Waals surface area contributed by atoms with Crippen LogP contribution in [-0.2, 0) is 11.2 Å². The Labute approximate surface area is 148 Å². The molecule has 1 saturated heterocycles. The minimum atomic E-state index is -0.472. The second kappa shape index (κ2) is 6.98. The fraction of sp³-hybridized carbons (Fsp3) is 0.500. The highest BCUT2D eigenvalue weighted by Crippen LogP contribution is 2.27. The molecule has 25 heavy (non-hydrogen) atoms. The maximum absolute atomic E-state index is 13.9. The average Bonchev–Trinajstić information content (AvgIpc) is 2.53. The number of pyridine rings is 1. The first-order valence-electron chi connectivity index (χ1n) is 8.83. The number of rotatable bonds is 2. The van der Waals surface area contributed by atoms with E-state index in [0.29, 0.717) is 19.0 Å². The lowest BCUT2D eigenvalue weighted by molar-refractivity contribution is 0.0184. The summed E-state index contributed by atoms with van der Waals surface area (Å²) in [6, 6.07) is 6.83. The Bertz CT molecular complexity index is 762. The molecule has 0 aliphatic carbocycles. The Hall–Kier alpha value is -2.17. The molecule has 5 heteroatoms. The molecule has 134 valence electrons. The predicted octanol–water partition coefficient (Wildman–Crippen LogP) is 4.56. The smallest absolute Gasteiger partial charge is 0.410 e. The number of fused-ring (bicyclic) bond motifs is 1. The summed E-state index contributed by atoms with van der Waals surface area (Å²) in [6.07, 6.45) is 4.07. The second-order valence-corrected chi connectivity index (χ2v) is 7.75. The number of carbonyl (C=O) groups excluding carboxylic acids is 1. The molecule has 0 N–H and O–H groups in total. The highest BCUT2D eigenvalue weighted by Gasteiger charge is 2.27. The van der Waals surface area contributed by atoms with Crippen LogP contribution in [0.15, 0.2) is 30.5 Å². The molecule has 0 unspecified atom stereocenters. The fourth-order valence-corrected chi connectivity index (χ4v) is 3.34. The summed E-state index contributed by atoms with van der Waals surface area (Å²) in [5.41, 5.74) is 1.35. The van der Waals surface area contributed by atoms with Crippen LogP contribution in [0.25, 0.3) is 10.9 Å². The lowest BCUT2D eigenvalue weighted by atomic mass is 9.89. The van der Waals surface area contributed by atoms with Gasteiger partial charge in [0, 0.05) is 24.7 Å². The van der Waals surface area contributed by atoms with Crippen molar-refractivity contribution in [3.63, 3.8) is 0 Å². The van der Waals surface area contributed by atoms with Crippen molar-refractivity contribution in [1.29, 1.82) is 0 Å². The van der Waals surface area contributed by atoms with Crippen molar-refractivity contribution in [1.82, 2.24) is 9.88 Å². The van der Waals surface area contributed by atoms with Gasteiger partial charge >= 0.3 is 6.09 Å². The zero-order valence-corrected chi connectivity index (χ0v) is 15.1. The van der Waals surface area contributed by atoms with Gasteiger partial charge < -0.3 is 9.64 Å². The topological polar surface area (TPSA) is 42.4 Å². The summed E-state index contributed by atoms with van der Waals surface area (Å²) in [6.45, 7) is 6.99. The van der Waals surface area contributed by atoms with Crippen LogP contribution in [0.1, 0.15) is 39.2 Å². The molecule has 0 atom stereocenters. The minimum absolute atomic E-state index is 0.221. The number of likely N-dealkylation sites (tertiary alicyclic amines) is 1. The van der Waals surface area contributed by atoms with Gasteiger partial charge in [-0.3, -0.25) is 4.98 Å². The van der Waals surface area contributed by atoms with Crippen molar-refractivity contribution in [2.24, 2.45) is 5.92 Å². The molecule has 0 radical (unpaired) electrons. The Morgan fingerprint density at radius 3 is 2.72 bits per heavy atom. The molecule has 3 rings (SSSR count). The van der Waals surface area contributed by atoms with Gasteiger partial charge in [-0.1, -0.05) is 6.07 Å².